The van der Waals surface area contributed by atoms with E-state index in [9.17, 15) is 4.79 Å². The van der Waals surface area contributed by atoms with E-state index in [2.05, 4.69) is 31.2 Å². The quantitative estimate of drug-likeness (QED) is 0.853. The number of carbonyl (C=O) groups excluding carboxylic acids is 1. The molecule has 0 saturated carbocycles. The van der Waals surface area contributed by atoms with E-state index in [1.165, 1.54) is 0 Å². The second-order valence-corrected chi connectivity index (χ2v) is 6.01. The molecule has 0 radical (unpaired) electrons. The summed E-state index contributed by atoms with van der Waals surface area (Å²) in [5.41, 5.74) is 6.64. The second-order valence-electron chi connectivity index (χ2n) is 6.01. The summed E-state index contributed by atoms with van der Waals surface area (Å²) in [4.78, 5) is 11.8. The molecule has 1 aromatic rings. The van der Waals surface area contributed by atoms with Crippen LogP contribution in [0.4, 0.5) is 5.82 Å². The average molecular weight is 252 g/mol. The third-order valence-corrected chi connectivity index (χ3v) is 2.69. The van der Waals surface area contributed by atoms with E-state index in [0.29, 0.717) is 6.54 Å². The number of nitrogens with two attached hydrogens (primary N) is 1. The highest BCUT2D eigenvalue weighted by Crippen LogP contribution is 2.21. The molecule has 1 amide bonds. The standard InChI is InChI=1S/C13H24N4O/c1-9(8-14)12(18)15-11-6-10(16-17(11)5)7-13(2,3)4/h6,9H,7-8,14H2,1-5H3,(H,15,18). The van der Waals surface area contributed by atoms with Crippen molar-refractivity contribution >= 4 is 11.7 Å². The van der Waals surface area contributed by atoms with Crippen LogP contribution in [0.25, 0.3) is 0 Å². The van der Waals surface area contributed by atoms with Crippen LogP contribution in [0, 0.1) is 11.3 Å². The minimum absolute atomic E-state index is 0.0668. The number of carbonyl (C=O) groups is 1. The summed E-state index contributed by atoms with van der Waals surface area (Å²) in [6, 6.07) is 1.92. The van der Waals surface area contributed by atoms with Gasteiger partial charge in [0, 0.05) is 25.6 Å². The lowest BCUT2D eigenvalue weighted by Gasteiger charge is -2.15. The first-order valence-electron chi connectivity index (χ1n) is 6.27. The van der Waals surface area contributed by atoms with E-state index in [4.69, 9.17) is 5.73 Å². The molecule has 1 atom stereocenters. The fourth-order valence-electron chi connectivity index (χ4n) is 1.63. The van der Waals surface area contributed by atoms with Gasteiger partial charge in [-0.1, -0.05) is 27.7 Å². The van der Waals surface area contributed by atoms with Crippen LogP contribution in [-0.4, -0.2) is 22.2 Å². The molecule has 0 aromatic carbocycles. The first-order valence-corrected chi connectivity index (χ1v) is 6.27. The zero-order valence-electron chi connectivity index (χ0n) is 11.9. The maximum atomic E-state index is 11.8. The van der Waals surface area contributed by atoms with Gasteiger partial charge < -0.3 is 11.1 Å². The third-order valence-electron chi connectivity index (χ3n) is 2.69. The summed E-state index contributed by atoms with van der Waals surface area (Å²) >= 11 is 0. The number of rotatable bonds is 4. The fourth-order valence-corrected chi connectivity index (χ4v) is 1.63. The normalized spacial score (nSPS) is 13.4. The molecule has 1 rings (SSSR count). The molecule has 102 valence electrons. The number of aryl methyl sites for hydroxylation is 1. The molecule has 0 bridgehead atoms. The molecule has 3 N–H and O–H groups in total. The van der Waals surface area contributed by atoms with E-state index < -0.39 is 0 Å². The third kappa shape index (κ3) is 4.14. The topological polar surface area (TPSA) is 72.9 Å². The predicted octanol–water partition coefficient (Wildman–Crippen LogP) is 1.54. The Labute approximate surface area is 109 Å². The smallest absolute Gasteiger partial charge is 0.229 e. The average Bonchev–Trinajstić information content (AvgIpc) is 2.55. The van der Waals surface area contributed by atoms with Gasteiger partial charge in [0.2, 0.25) is 5.91 Å². The molecule has 1 aromatic heterocycles. The Kier molecular flexibility index (Phi) is 4.51. The largest absolute Gasteiger partial charge is 0.330 e. The van der Waals surface area contributed by atoms with Gasteiger partial charge in [0.1, 0.15) is 5.82 Å². The summed E-state index contributed by atoms with van der Waals surface area (Å²) < 4.78 is 1.70. The highest BCUT2D eigenvalue weighted by Gasteiger charge is 2.17. The Morgan fingerprint density at radius 2 is 2.17 bits per heavy atom. The van der Waals surface area contributed by atoms with Gasteiger partial charge in [-0.2, -0.15) is 5.10 Å². The SMILES string of the molecule is CC(CN)C(=O)Nc1cc(CC(C)(C)C)nn1C. The van der Waals surface area contributed by atoms with E-state index in [1.54, 1.807) is 4.68 Å². The van der Waals surface area contributed by atoms with Crippen LogP contribution in [0.15, 0.2) is 6.07 Å². The number of hydrogen-bond donors (Lipinski definition) is 2. The van der Waals surface area contributed by atoms with Crippen LogP contribution in [-0.2, 0) is 18.3 Å². The molecular formula is C13H24N4O. The monoisotopic (exact) mass is 252 g/mol. The van der Waals surface area contributed by atoms with Gasteiger partial charge >= 0.3 is 0 Å². The predicted molar refractivity (Wildman–Crippen MR) is 73.2 cm³/mol. The van der Waals surface area contributed by atoms with Crippen molar-refractivity contribution in [1.82, 2.24) is 9.78 Å². The van der Waals surface area contributed by atoms with Crippen molar-refractivity contribution in [3.63, 3.8) is 0 Å². The van der Waals surface area contributed by atoms with E-state index in [0.717, 1.165) is 17.9 Å². The van der Waals surface area contributed by atoms with Crippen molar-refractivity contribution < 1.29 is 4.79 Å². The Balaban J connectivity index is 2.76. The van der Waals surface area contributed by atoms with Crippen LogP contribution >= 0.6 is 0 Å². The van der Waals surface area contributed by atoms with Gasteiger partial charge in [-0.15, -0.1) is 0 Å². The van der Waals surface area contributed by atoms with Gasteiger partial charge in [0.05, 0.1) is 5.69 Å². The van der Waals surface area contributed by atoms with Crippen LogP contribution in [0.2, 0.25) is 0 Å². The molecule has 0 saturated heterocycles. The highest BCUT2D eigenvalue weighted by molar-refractivity contribution is 5.91. The fraction of sp³-hybridized carbons (Fsp3) is 0.692. The first kappa shape index (κ1) is 14.7. The van der Waals surface area contributed by atoms with Crippen molar-refractivity contribution in [2.45, 2.75) is 34.1 Å². The van der Waals surface area contributed by atoms with Crippen LogP contribution in [0.5, 0.6) is 0 Å². The molecule has 0 aliphatic carbocycles. The molecule has 18 heavy (non-hydrogen) atoms. The summed E-state index contributed by atoms with van der Waals surface area (Å²) in [6.07, 6.45) is 0.878. The minimum atomic E-state index is -0.189. The maximum absolute atomic E-state index is 11.8. The molecule has 0 aliphatic rings. The summed E-state index contributed by atoms with van der Waals surface area (Å²) in [5.74, 6) is 0.466. The van der Waals surface area contributed by atoms with Crippen LogP contribution in [0.3, 0.4) is 0 Å². The summed E-state index contributed by atoms with van der Waals surface area (Å²) in [7, 11) is 1.83. The Hall–Kier alpha value is -1.36. The van der Waals surface area contributed by atoms with Crippen molar-refractivity contribution in [1.29, 1.82) is 0 Å². The van der Waals surface area contributed by atoms with Gasteiger partial charge in [0.15, 0.2) is 0 Å². The number of nitrogens with one attached hydrogen (secondary N) is 1. The van der Waals surface area contributed by atoms with Gasteiger partial charge in [-0.3, -0.25) is 9.48 Å². The lowest BCUT2D eigenvalue weighted by Crippen LogP contribution is -2.27. The zero-order valence-corrected chi connectivity index (χ0v) is 11.9. The number of hydrogen-bond acceptors (Lipinski definition) is 3. The Bertz CT molecular complexity index is 417. The molecule has 0 spiro atoms. The highest BCUT2D eigenvalue weighted by atomic mass is 16.2. The minimum Gasteiger partial charge on any atom is -0.330 e. The molecule has 5 heteroatoms. The van der Waals surface area contributed by atoms with Crippen molar-refractivity contribution in [3.8, 4) is 0 Å². The second kappa shape index (κ2) is 5.52. The van der Waals surface area contributed by atoms with Crippen molar-refractivity contribution in [2.75, 3.05) is 11.9 Å². The molecule has 1 heterocycles. The number of amides is 1. The molecule has 0 fully saturated rings. The van der Waals surface area contributed by atoms with Gasteiger partial charge in [-0.25, -0.2) is 0 Å². The number of aromatic nitrogens is 2. The van der Waals surface area contributed by atoms with Gasteiger partial charge in [-0.05, 0) is 11.8 Å². The molecule has 1 unspecified atom stereocenters. The maximum Gasteiger partial charge on any atom is 0.229 e. The van der Waals surface area contributed by atoms with Crippen molar-refractivity contribution in [3.05, 3.63) is 11.8 Å². The molecular weight excluding hydrogens is 228 g/mol. The molecule has 0 aliphatic heterocycles. The van der Waals surface area contributed by atoms with Crippen LogP contribution in [0.1, 0.15) is 33.4 Å². The van der Waals surface area contributed by atoms with E-state index >= 15 is 0 Å². The summed E-state index contributed by atoms with van der Waals surface area (Å²) in [5, 5.41) is 7.25. The Morgan fingerprint density at radius 1 is 1.56 bits per heavy atom. The van der Waals surface area contributed by atoms with Crippen molar-refractivity contribution in [2.24, 2.45) is 24.1 Å². The lowest BCUT2D eigenvalue weighted by atomic mass is 9.91. The number of anilines is 1. The first-order chi connectivity index (χ1) is 8.23. The van der Waals surface area contributed by atoms with Gasteiger partial charge in [0.25, 0.3) is 0 Å². The number of nitrogens with zero attached hydrogens (tertiary/aromatic N) is 2. The molecule has 5 nitrogen and oxygen atoms in total. The Morgan fingerprint density at radius 3 is 2.67 bits per heavy atom. The zero-order chi connectivity index (χ0) is 13.9. The van der Waals surface area contributed by atoms with E-state index in [-0.39, 0.29) is 17.2 Å². The lowest BCUT2D eigenvalue weighted by molar-refractivity contribution is -0.119. The van der Waals surface area contributed by atoms with E-state index in [1.807, 2.05) is 20.0 Å². The van der Waals surface area contributed by atoms with Crippen LogP contribution < -0.4 is 11.1 Å². The summed E-state index contributed by atoms with van der Waals surface area (Å²) in [6.45, 7) is 8.64.